The van der Waals surface area contributed by atoms with Crippen molar-refractivity contribution in [2.75, 3.05) is 13.2 Å². The van der Waals surface area contributed by atoms with Crippen molar-refractivity contribution in [3.63, 3.8) is 0 Å². The molecule has 1 aliphatic rings. The Morgan fingerprint density at radius 3 is 2.66 bits per heavy atom. The number of carbonyl (C=O) groups excluding carboxylic acids is 1. The van der Waals surface area contributed by atoms with E-state index >= 15 is 0 Å². The minimum Gasteiger partial charge on any atom is -0.493 e. The maximum atomic E-state index is 12.4. The molecule has 0 aliphatic heterocycles. The van der Waals surface area contributed by atoms with Gasteiger partial charge in [0.1, 0.15) is 11.6 Å². The SMILES string of the molecule is Cc1ccc(C(C)C)c(OCCCCn2c(CCCCCNC(=O)C3CCCCC3)nc3ccccc32)c1. The van der Waals surface area contributed by atoms with Crippen LogP contribution in [-0.2, 0) is 17.8 Å². The largest absolute Gasteiger partial charge is 0.493 e. The van der Waals surface area contributed by atoms with Crippen LogP contribution < -0.4 is 10.1 Å². The van der Waals surface area contributed by atoms with E-state index in [9.17, 15) is 4.79 Å². The molecule has 1 amide bonds. The van der Waals surface area contributed by atoms with E-state index in [1.165, 1.54) is 41.7 Å². The number of nitrogens with one attached hydrogen (secondary N) is 1. The van der Waals surface area contributed by atoms with Gasteiger partial charge in [0, 0.05) is 25.4 Å². The second-order valence-corrected chi connectivity index (χ2v) is 11.4. The summed E-state index contributed by atoms with van der Waals surface area (Å²) in [4.78, 5) is 17.3. The van der Waals surface area contributed by atoms with E-state index in [0.717, 1.165) is 82.3 Å². The van der Waals surface area contributed by atoms with Gasteiger partial charge in [-0.3, -0.25) is 4.79 Å². The van der Waals surface area contributed by atoms with Crippen LogP contribution in [0.2, 0.25) is 0 Å². The summed E-state index contributed by atoms with van der Waals surface area (Å²) < 4.78 is 8.63. The lowest BCUT2D eigenvalue weighted by Gasteiger charge is -2.20. The van der Waals surface area contributed by atoms with E-state index in [-0.39, 0.29) is 11.8 Å². The summed E-state index contributed by atoms with van der Waals surface area (Å²) in [6.07, 6.45) is 12.1. The van der Waals surface area contributed by atoms with Gasteiger partial charge in [-0.15, -0.1) is 0 Å². The summed E-state index contributed by atoms with van der Waals surface area (Å²) in [7, 11) is 0. The third kappa shape index (κ3) is 7.85. The molecular formula is C33H47N3O2. The molecule has 0 radical (unpaired) electrons. The van der Waals surface area contributed by atoms with Crippen LogP contribution in [0.15, 0.2) is 42.5 Å². The molecule has 38 heavy (non-hydrogen) atoms. The highest BCUT2D eigenvalue weighted by molar-refractivity contribution is 5.78. The number of fused-ring (bicyclic) bond motifs is 1. The second kappa shape index (κ2) is 14.4. The number of para-hydroxylation sites is 2. The molecule has 0 saturated heterocycles. The first-order chi connectivity index (χ1) is 18.5. The number of carbonyl (C=O) groups is 1. The van der Waals surface area contributed by atoms with Crippen LogP contribution in [0, 0.1) is 12.8 Å². The molecule has 4 rings (SSSR count). The van der Waals surface area contributed by atoms with Crippen molar-refractivity contribution in [2.45, 2.75) is 104 Å². The molecule has 3 aromatic rings. The Morgan fingerprint density at radius 2 is 1.84 bits per heavy atom. The molecule has 1 fully saturated rings. The highest BCUT2D eigenvalue weighted by Gasteiger charge is 2.20. The Bertz CT molecular complexity index is 1160. The average molecular weight is 518 g/mol. The second-order valence-electron chi connectivity index (χ2n) is 11.4. The number of ether oxygens (including phenoxy) is 1. The van der Waals surface area contributed by atoms with Crippen molar-refractivity contribution in [3.05, 3.63) is 59.4 Å². The molecule has 0 atom stereocenters. The van der Waals surface area contributed by atoms with Crippen molar-refractivity contribution in [3.8, 4) is 5.75 Å². The number of benzene rings is 2. The predicted octanol–water partition coefficient (Wildman–Crippen LogP) is 7.74. The fourth-order valence-electron chi connectivity index (χ4n) is 5.67. The third-order valence-corrected chi connectivity index (χ3v) is 7.91. The third-order valence-electron chi connectivity index (χ3n) is 7.91. The van der Waals surface area contributed by atoms with Gasteiger partial charge in [0.15, 0.2) is 0 Å². The topological polar surface area (TPSA) is 56.1 Å². The summed E-state index contributed by atoms with van der Waals surface area (Å²) in [5, 5.41) is 3.18. The molecule has 1 saturated carbocycles. The van der Waals surface area contributed by atoms with Crippen molar-refractivity contribution in [1.82, 2.24) is 14.9 Å². The maximum absolute atomic E-state index is 12.4. The first kappa shape index (κ1) is 28.2. The first-order valence-electron chi connectivity index (χ1n) is 15.0. The van der Waals surface area contributed by atoms with E-state index in [4.69, 9.17) is 9.72 Å². The molecule has 1 N–H and O–H groups in total. The van der Waals surface area contributed by atoms with Crippen LogP contribution in [0.5, 0.6) is 5.75 Å². The lowest BCUT2D eigenvalue weighted by Crippen LogP contribution is -2.32. The van der Waals surface area contributed by atoms with Crippen LogP contribution in [0.3, 0.4) is 0 Å². The Morgan fingerprint density at radius 1 is 1.03 bits per heavy atom. The van der Waals surface area contributed by atoms with E-state index in [1.54, 1.807) is 0 Å². The minimum atomic E-state index is 0.253. The van der Waals surface area contributed by atoms with E-state index < -0.39 is 0 Å². The van der Waals surface area contributed by atoms with E-state index in [2.05, 4.69) is 73.1 Å². The van der Waals surface area contributed by atoms with Gasteiger partial charge in [-0.1, -0.05) is 63.8 Å². The quantitative estimate of drug-likeness (QED) is 0.223. The zero-order valence-electron chi connectivity index (χ0n) is 23.8. The molecule has 1 aromatic heterocycles. The van der Waals surface area contributed by atoms with Gasteiger partial charge in [-0.2, -0.15) is 0 Å². The Balaban J connectivity index is 1.22. The number of rotatable bonds is 14. The Kier molecular flexibility index (Phi) is 10.7. The Labute approximate surface area is 229 Å². The molecular weight excluding hydrogens is 470 g/mol. The van der Waals surface area contributed by atoms with Gasteiger partial charge in [-0.05, 0) is 80.7 Å². The first-order valence-corrected chi connectivity index (χ1v) is 15.0. The predicted molar refractivity (Wildman–Crippen MR) is 157 cm³/mol. The zero-order chi connectivity index (χ0) is 26.7. The maximum Gasteiger partial charge on any atom is 0.223 e. The van der Waals surface area contributed by atoms with Gasteiger partial charge in [0.25, 0.3) is 0 Å². The average Bonchev–Trinajstić information content (AvgIpc) is 3.28. The normalized spacial score (nSPS) is 14.3. The van der Waals surface area contributed by atoms with Crippen LogP contribution in [0.1, 0.15) is 101 Å². The molecule has 0 spiro atoms. The lowest BCUT2D eigenvalue weighted by molar-refractivity contribution is -0.125. The number of aryl methyl sites for hydroxylation is 3. The Hall–Kier alpha value is -2.82. The van der Waals surface area contributed by atoms with Crippen LogP contribution >= 0.6 is 0 Å². The standard InChI is InChI=1S/C33H47N3O2/c1-25(2)28-20-19-26(3)24-31(28)38-23-13-12-22-36-30-17-10-9-16-29(30)35-32(36)18-8-5-11-21-34-33(37)27-14-6-4-7-15-27/h9-10,16-17,19-20,24-25,27H,4-8,11-15,18,21-23H2,1-3H3,(H,34,37). The van der Waals surface area contributed by atoms with Crippen molar-refractivity contribution >= 4 is 16.9 Å². The summed E-state index contributed by atoms with van der Waals surface area (Å²) in [5.41, 5.74) is 4.83. The van der Waals surface area contributed by atoms with Crippen molar-refractivity contribution < 1.29 is 9.53 Å². The van der Waals surface area contributed by atoms with Crippen LogP contribution in [-0.4, -0.2) is 28.6 Å². The fraction of sp³-hybridized carbons (Fsp3) is 0.576. The molecule has 1 heterocycles. The number of nitrogens with zero attached hydrogens (tertiary/aromatic N) is 2. The number of hydrogen-bond donors (Lipinski definition) is 1. The fourth-order valence-corrected chi connectivity index (χ4v) is 5.67. The zero-order valence-corrected chi connectivity index (χ0v) is 23.8. The number of aromatic nitrogens is 2. The minimum absolute atomic E-state index is 0.253. The van der Waals surface area contributed by atoms with Crippen molar-refractivity contribution in [2.24, 2.45) is 5.92 Å². The molecule has 0 unspecified atom stereocenters. The number of imidazole rings is 1. The van der Waals surface area contributed by atoms with Crippen LogP contribution in [0.25, 0.3) is 11.0 Å². The van der Waals surface area contributed by atoms with Gasteiger partial charge in [0.2, 0.25) is 5.91 Å². The monoisotopic (exact) mass is 517 g/mol. The van der Waals surface area contributed by atoms with E-state index in [1.807, 2.05) is 0 Å². The molecule has 1 aliphatic carbocycles. The van der Waals surface area contributed by atoms with Crippen LogP contribution in [0.4, 0.5) is 0 Å². The number of amides is 1. The van der Waals surface area contributed by atoms with Gasteiger partial charge in [-0.25, -0.2) is 4.98 Å². The van der Waals surface area contributed by atoms with Gasteiger partial charge < -0.3 is 14.6 Å². The van der Waals surface area contributed by atoms with Crippen molar-refractivity contribution in [1.29, 1.82) is 0 Å². The molecule has 0 bridgehead atoms. The molecule has 206 valence electrons. The molecule has 5 heteroatoms. The number of hydrogen-bond acceptors (Lipinski definition) is 3. The summed E-state index contributed by atoms with van der Waals surface area (Å²) in [6.45, 7) is 9.05. The highest BCUT2D eigenvalue weighted by atomic mass is 16.5. The molecule has 2 aromatic carbocycles. The summed E-state index contributed by atoms with van der Waals surface area (Å²) >= 11 is 0. The van der Waals surface area contributed by atoms with E-state index in [0.29, 0.717) is 5.92 Å². The lowest BCUT2D eigenvalue weighted by atomic mass is 9.89. The summed E-state index contributed by atoms with van der Waals surface area (Å²) in [6, 6.07) is 15.0. The van der Waals surface area contributed by atoms with Gasteiger partial charge >= 0.3 is 0 Å². The smallest absolute Gasteiger partial charge is 0.223 e. The highest BCUT2D eigenvalue weighted by Crippen LogP contribution is 2.28. The van der Waals surface area contributed by atoms with Gasteiger partial charge in [0.05, 0.1) is 17.6 Å². The summed E-state index contributed by atoms with van der Waals surface area (Å²) in [5.74, 6) is 3.20. The molecule has 5 nitrogen and oxygen atoms in total. The number of unbranched alkanes of at least 4 members (excludes halogenated alkanes) is 3.